The number of ether oxygens (including phenoxy) is 1. The number of likely N-dealkylation sites (N-methyl/N-ethyl adjacent to an activating group) is 1. The molecule has 1 atom stereocenters. The molecular formula is C19H31NO. The Bertz CT molecular complexity index is 384. The summed E-state index contributed by atoms with van der Waals surface area (Å²) < 4.78 is 5.27. The summed E-state index contributed by atoms with van der Waals surface area (Å²) in [7, 11) is 1.80. The van der Waals surface area contributed by atoms with Gasteiger partial charge in [-0.05, 0) is 37.8 Å². The molecule has 0 saturated heterocycles. The van der Waals surface area contributed by atoms with E-state index in [0.29, 0.717) is 11.5 Å². The minimum Gasteiger partial charge on any atom is -0.385 e. The number of benzene rings is 1. The third-order valence-electron chi connectivity index (χ3n) is 5.05. The molecule has 0 heterocycles. The fourth-order valence-corrected chi connectivity index (χ4v) is 4.04. The molecule has 0 aliphatic heterocycles. The van der Waals surface area contributed by atoms with Crippen molar-refractivity contribution >= 4 is 0 Å². The van der Waals surface area contributed by atoms with Crippen molar-refractivity contribution in [3.63, 3.8) is 0 Å². The van der Waals surface area contributed by atoms with Crippen molar-refractivity contribution in [2.45, 2.75) is 63.3 Å². The zero-order valence-electron chi connectivity index (χ0n) is 13.7. The Morgan fingerprint density at radius 2 is 1.86 bits per heavy atom. The van der Waals surface area contributed by atoms with E-state index in [9.17, 15) is 0 Å². The molecule has 0 spiro atoms. The van der Waals surface area contributed by atoms with Crippen LogP contribution in [-0.2, 0) is 10.2 Å². The van der Waals surface area contributed by atoms with Crippen molar-refractivity contribution < 1.29 is 4.74 Å². The van der Waals surface area contributed by atoms with E-state index >= 15 is 0 Å². The maximum Gasteiger partial charge on any atom is 0.0462 e. The Labute approximate surface area is 130 Å². The lowest BCUT2D eigenvalue weighted by atomic mass is 9.64. The minimum absolute atomic E-state index is 0.323. The van der Waals surface area contributed by atoms with Gasteiger partial charge in [-0.1, -0.05) is 56.5 Å². The van der Waals surface area contributed by atoms with Gasteiger partial charge in [-0.3, -0.25) is 0 Å². The largest absolute Gasteiger partial charge is 0.385 e. The number of nitrogens with one attached hydrogen (secondary N) is 1. The smallest absolute Gasteiger partial charge is 0.0462 e. The van der Waals surface area contributed by atoms with E-state index in [-0.39, 0.29) is 0 Å². The highest BCUT2D eigenvalue weighted by molar-refractivity contribution is 5.28. The average Bonchev–Trinajstić information content (AvgIpc) is 2.56. The van der Waals surface area contributed by atoms with E-state index in [2.05, 4.69) is 42.6 Å². The van der Waals surface area contributed by atoms with E-state index in [1.807, 2.05) is 0 Å². The highest BCUT2D eigenvalue weighted by atomic mass is 16.5. The standard InChI is InChI=1S/C19H31NO/c1-3-20-18(13-10-16-21-2)19(14-8-5-9-15-19)17-11-6-4-7-12-17/h4,6-7,11-12,18,20H,3,5,8-10,13-16H2,1-2H3. The molecule has 1 saturated carbocycles. The zero-order valence-corrected chi connectivity index (χ0v) is 13.7. The molecular weight excluding hydrogens is 258 g/mol. The van der Waals surface area contributed by atoms with Crippen LogP contribution in [0.4, 0.5) is 0 Å². The van der Waals surface area contributed by atoms with Crippen LogP contribution in [-0.4, -0.2) is 26.3 Å². The Morgan fingerprint density at radius 3 is 2.48 bits per heavy atom. The number of rotatable bonds is 8. The lowest BCUT2D eigenvalue weighted by Gasteiger charge is -2.45. The van der Waals surface area contributed by atoms with Crippen LogP contribution in [0.5, 0.6) is 0 Å². The van der Waals surface area contributed by atoms with Gasteiger partial charge in [0.25, 0.3) is 0 Å². The van der Waals surface area contributed by atoms with Gasteiger partial charge < -0.3 is 10.1 Å². The number of hydrogen-bond donors (Lipinski definition) is 1. The van der Waals surface area contributed by atoms with E-state index in [1.165, 1.54) is 44.1 Å². The van der Waals surface area contributed by atoms with Gasteiger partial charge in [0.05, 0.1) is 0 Å². The van der Waals surface area contributed by atoms with Crippen LogP contribution in [0, 0.1) is 0 Å². The van der Waals surface area contributed by atoms with Gasteiger partial charge >= 0.3 is 0 Å². The molecule has 0 aromatic heterocycles. The molecule has 2 nitrogen and oxygen atoms in total. The van der Waals surface area contributed by atoms with Crippen LogP contribution in [0.3, 0.4) is 0 Å². The van der Waals surface area contributed by atoms with E-state index in [0.717, 1.165) is 19.6 Å². The molecule has 0 radical (unpaired) electrons. The molecule has 21 heavy (non-hydrogen) atoms. The Hall–Kier alpha value is -0.860. The van der Waals surface area contributed by atoms with Gasteiger partial charge in [0.15, 0.2) is 0 Å². The summed E-state index contributed by atoms with van der Waals surface area (Å²) >= 11 is 0. The number of hydrogen-bond acceptors (Lipinski definition) is 2. The van der Waals surface area contributed by atoms with Gasteiger partial charge in [-0.15, -0.1) is 0 Å². The summed E-state index contributed by atoms with van der Waals surface area (Å²) in [5.41, 5.74) is 1.86. The summed E-state index contributed by atoms with van der Waals surface area (Å²) in [6.45, 7) is 4.14. The van der Waals surface area contributed by atoms with Gasteiger partial charge in [-0.25, -0.2) is 0 Å². The first-order valence-electron chi connectivity index (χ1n) is 8.61. The first kappa shape index (κ1) is 16.5. The highest BCUT2D eigenvalue weighted by Gasteiger charge is 2.40. The molecule has 1 aliphatic carbocycles. The second-order valence-corrected chi connectivity index (χ2v) is 6.33. The van der Waals surface area contributed by atoms with Crippen molar-refractivity contribution in [2.24, 2.45) is 0 Å². The van der Waals surface area contributed by atoms with Gasteiger partial charge in [0.1, 0.15) is 0 Å². The summed E-state index contributed by atoms with van der Waals surface area (Å²) in [5, 5.41) is 3.79. The predicted molar refractivity (Wildman–Crippen MR) is 89.8 cm³/mol. The van der Waals surface area contributed by atoms with Crippen LogP contribution in [0.2, 0.25) is 0 Å². The maximum atomic E-state index is 5.27. The quantitative estimate of drug-likeness (QED) is 0.721. The Kier molecular flexibility index (Phi) is 6.72. The van der Waals surface area contributed by atoms with E-state index in [1.54, 1.807) is 7.11 Å². The Morgan fingerprint density at radius 1 is 1.14 bits per heavy atom. The third kappa shape index (κ3) is 4.08. The minimum atomic E-state index is 0.323. The molecule has 118 valence electrons. The zero-order chi connectivity index (χ0) is 15.0. The number of methoxy groups -OCH3 is 1. The first-order valence-corrected chi connectivity index (χ1v) is 8.61. The van der Waals surface area contributed by atoms with Gasteiger partial charge in [-0.2, -0.15) is 0 Å². The fraction of sp³-hybridized carbons (Fsp3) is 0.684. The molecule has 0 bridgehead atoms. The summed E-state index contributed by atoms with van der Waals surface area (Å²) in [6, 6.07) is 11.8. The monoisotopic (exact) mass is 289 g/mol. The SMILES string of the molecule is CCNC(CCCOC)C1(c2ccccc2)CCCCC1. The maximum absolute atomic E-state index is 5.27. The molecule has 2 heteroatoms. The normalized spacial score (nSPS) is 19.3. The van der Waals surface area contributed by atoms with Crippen molar-refractivity contribution in [2.75, 3.05) is 20.3 Å². The van der Waals surface area contributed by atoms with Crippen molar-refractivity contribution in [1.29, 1.82) is 0 Å². The van der Waals surface area contributed by atoms with Crippen molar-refractivity contribution in [3.8, 4) is 0 Å². The molecule has 1 N–H and O–H groups in total. The second-order valence-electron chi connectivity index (χ2n) is 6.33. The lowest BCUT2D eigenvalue weighted by molar-refractivity contribution is 0.164. The van der Waals surface area contributed by atoms with Crippen LogP contribution < -0.4 is 5.32 Å². The molecule has 2 rings (SSSR count). The highest BCUT2D eigenvalue weighted by Crippen LogP contribution is 2.43. The van der Waals surface area contributed by atoms with Gasteiger partial charge in [0, 0.05) is 25.2 Å². The summed E-state index contributed by atoms with van der Waals surface area (Å²) in [4.78, 5) is 0. The lowest BCUT2D eigenvalue weighted by Crippen LogP contribution is -2.49. The van der Waals surface area contributed by atoms with Crippen molar-refractivity contribution in [1.82, 2.24) is 5.32 Å². The van der Waals surface area contributed by atoms with Crippen LogP contribution in [0.25, 0.3) is 0 Å². The molecule has 1 fully saturated rings. The first-order chi connectivity index (χ1) is 10.3. The molecule has 1 unspecified atom stereocenters. The topological polar surface area (TPSA) is 21.3 Å². The van der Waals surface area contributed by atoms with Crippen LogP contribution in [0.1, 0.15) is 57.4 Å². The van der Waals surface area contributed by atoms with Crippen molar-refractivity contribution in [3.05, 3.63) is 35.9 Å². The van der Waals surface area contributed by atoms with E-state index < -0.39 is 0 Å². The molecule has 1 aromatic rings. The molecule has 1 aliphatic rings. The summed E-state index contributed by atoms with van der Waals surface area (Å²) in [6.07, 6.45) is 9.11. The van der Waals surface area contributed by atoms with Crippen LogP contribution >= 0.6 is 0 Å². The average molecular weight is 289 g/mol. The van der Waals surface area contributed by atoms with E-state index in [4.69, 9.17) is 4.74 Å². The molecule has 1 aromatic carbocycles. The van der Waals surface area contributed by atoms with Crippen LogP contribution in [0.15, 0.2) is 30.3 Å². The van der Waals surface area contributed by atoms with Gasteiger partial charge in [0.2, 0.25) is 0 Å². The Balaban J connectivity index is 2.23. The fourth-order valence-electron chi connectivity index (χ4n) is 4.04. The summed E-state index contributed by atoms with van der Waals surface area (Å²) in [5.74, 6) is 0. The third-order valence-corrected chi connectivity index (χ3v) is 5.05. The predicted octanol–water partition coefficient (Wildman–Crippen LogP) is 4.29. The molecule has 0 amide bonds. The second kappa shape index (κ2) is 8.55.